The van der Waals surface area contributed by atoms with Gasteiger partial charge in [0.2, 0.25) is 0 Å². The lowest BCUT2D eigenvalue weighted by Crippen LogP contribution is -2.26. The molecule has 2 aromatic heterocycles. The molecule has 1 N–H and O–H groups in total. The van der Waals surface area contributed by atoms with Crippen LogP contribution in [-0.4, -0.2) is 36.8 Å². The van der Waals surface area contributed by atoms with Crippen molar-refractivity contribution in [3.63, 3.8) is 0 Å². The van der Waals surface area contributed by atoms with E-state index >= 15 is 0 Å². The Balaban J connectivity index is 0.000000131. The van der Waals surface area contributed by atoms with Gasteiger partial charge >= 0.3 is 0 Å². The zero-order valence-electron chi connectivity index (χ0n) is 11.4. The number of hydrogen-bond donors (Lipinski definition) is 1. The number of rotatable bonds is 0. The van der Waals surface area contributed by atoms with Crippen LogP contribution in [0, 0.1) is 0 Å². The molecule has 2 aliphatic heterocycles. The highest BCUT2D eigenvalue weighted by atomic mass is 35.5. The number of fused-ring (bicyclic) bond motifs is 2. The molecule has 4 rings (SSSR count). The van der Waals surface area contributed by atoms with Gasteiger partial charge in [0.25, 0.3) is 5.91 Å². The Hall–Kier alpha value is -1.86. The van der Waals surface area contributed by atoms with Crippen molar-refractivity contribution < 1.29 is 9.59 Å². The highest BCUT2D eigenvalue weighted by Crippen LogP contribution is 2.30. The van der Waals surface area contributed by atoms with Gasteiger partial charge < -0.3 is 5.32 Å². The Labute approximate surface area is 136 Å². The Morgan fingerprint density at radius 2 is 1.91 bits per heavy atom. The fraction of sp³-hybridized carbons (Fsp3) is 0.385. The number of anilines is 1. The van der Waals surface area contributed by atoms with Crippen molar-refractivity contribution in [1.29, 1.82) is 0 Å². The van der Waals surface area contributed by atoms with Crippen LogP contribution in [0.4, 0.5) is 5.82 Å². The Morgan fingerprint density at radius 1 is 1.14 bits per heavy atom. The summed E-state index contributed by atoms with van der Waals surface area (Å²) in [6, 6.07) is 3.54. The van der Waals surface area contributed by atoms with E-state index in [1.54, 1.807) is 16.9 Å². The van der Waals surface area contributed by atoms with Crippen molar-refractivity contribution in [2.45, 2.75) is 30.3 Å². The van der Waals surface area contributed by atoms with E-state index in [-0.39, 0.29) is 29.1 Å². The summed E-state index contributed by atoms with van der Waals surface area (Å²) in [5.41, 5.74) is 0.497. The highest BCUT2D eigenvalue weighted by Gasteiger charge is 2.23. The van der Waals surface area contributed by atoms with Gasteiger partial charge in [-0.3, -0.25) is 9.59 Å². The maximum Gasteiger partial charge on any atom is 0.254 e. The maximum atomic E-state index is 11.0. The minimum absolute atomic E-state index is 0.00528. The number of nitrogens with one attached hydrogen (secondary N) is 1. The molecule has 2 aromatic rings. The van der Waals surface area contributed by atoms with E-state index in [4.69, 9.17) is 23.2 Å². The molecule has 0 saturated heterocycles. The summed E-state index contributed by atoms with van der Waals surface area (Å²) in [6.45, 7) is 0. The van der Waals surface area contributed by atoms with E-state index in [0.717, 1.165) is 5.82 Å². The second-order valence-corrected chi connectivity index (χ2v) is 5.99. The summed E-state index contributed by atoms with van der Waals surface area (Å²) in [7, 11) is 0. The summed E-state index contributed by atoms with van der Waals surface area (Å²) >= 11 is 11.8. The lowest BCUT2D eigenvalue weighted by Gasteiger charge is -2.24. The van der Waals surface area contributed by atoms with Gasteiger partial charge in [-0.1, -0.05) is 23.2 Å². The van der Waals surface area contributed by atoms with Crippen LogP contribution in [0.3, 0.4) is 0 Å². The van der Waals surface area contributed by atoms with Gasteiger partial charge in [0.05, 0.1) is 18.3 Å². The summed E-state index contributed by atoms with van der Waals surface area (Å²) in [6.07, 6.45) is 4.26. The number of Topliss-reactive ketones (excluding diaryl/α,β-unsaturated/α-hetero) is 1. The van der Waals surface area contributed by atoms with Crippen molar-refractivity contribution in [1.82, 2.24) is 19.6 Å². The fourth-order valence-electron chi connectivity index (χ4n) is 2.34. The molecule has 0 aliphatic carbocycles. The van der Waals surface area contributed by atoms with Gasteiger partial charge in [-0.05, 0) is 6.07 Å². The van der Waals surface area contributed by atoms with Crippen molar-refractivity contribution in [3.8, 4) is 0 Å². The van der Waals surface area contributed by atoms with Gasteiger partial charge in [-0.25, -0.2) is 9.36 Å². The second kappa shape index (κ2) is 6.10. The van der Waals surface area contributed by atoms with Crippen LogP contribution in [-0.2, 0) is 11.2 Å². The van der Waals surface area contributed by atoms with Crippen LogP contribution < -0.4 is 5.32 Å². The summed E-state index contributed by atoms with van der Waals surface area (Å²) in [5, 5.41) is 10.9. The monoisotopic (exact) mass is 341 g/mol. The molecule has 2 unspecified atom stereocenters. The molecule has 7 nitrogen and oxygen atoms in total. The quantitative estimate of drug-likeness (QED) is 0.450. The second-order valence-electron chi connectivity index (χ2n) is 4.96. The zero-order valence-corrected chi connectivity index (χ0v) is 13.0. The first-order valence-corrected chi connectivity index (χ1v) is 7.58. The van der Waals surface area contributed by atoms with E-state index in [1.165, 1.54) is 10.9 Å². The average Bonchev–Trinajstić information content (AvgIpc) is 3.07. The standard InChI is InChI=1S/C7H6N2O2.C6H7Cl2N3/c10-6-3-5-1-2-8-9(5)7(11)4-6;7-4-3-5(8)11-6(10-4)1-2-9-11/h1-2H,3-4H2;1-2,4-5,10H,3H2. The zero-order chi connectivity index (χ0) is 15.7. The first-order chi connectivity index (χ1) is 10.5. The minimum Gasteiger partial charge on any atom is -0.354 e. The molecule has 0 saturated carbocycles. The van der Waals surface area contributed by atoms with Crippen LogP contribution in [0.25, 0.3) is 0 Å². The molecular formula is C13H13Cl2N5O2. The molecule has 0 fully saturated rings. The van der Waals surface area contributed by atoms with Crippen LogP contribution >= 0.6 is 23.2 Å². The number of halogens is 2. The van der Waals surface area contributed by atoms with E-state index in [2.05, 4.69) is 15.5 Å². The van der Waals surface area contributed by atoms with Gasteiger partial charge in [-0.15, -0.1) is 0 Å². The molecule has 0 radical (unpaired) electrons. The Kier molecular flexibility index (Phi) is 4.17. The Bertz CT molecular complexity index is 711. The number of aromatic nitrogens is 4. The van der Waals surface area contributed by atoms with E-state index in [1.807, 2.05) is 6.07 Å². The lowest BCUT2D eigenvalue weighted by atomic mass is 10.1. The Morgan fingerprint density at radius 3 is 2.73 bits per heavy atom. The van der Waals surface area contributed by atoms with E-state index < -0.39 is 0 Å². The molecule has 0 amide bonds. The number of alkyl halides is 2. The molecule has 9 heteroatoms. The van der Waals surface area contributed by atoms with Crippen LogP contribution in [0.15, 0.2) is 24.5 Å². The molecule has 4 heterocycles. The van der Waals surface area contributed by atoms with Gasteiger partial charge in [0, 0.05) is 25.1 Å². The third-order valence-electron chi connectivity index (χ3n) is 3.33. The smallest absolute Gasteiger partial charge is 0.254 e. The predicted octanol–water partition coefficient (Wildman–Crippen LogP) is 2.04. The van der Waals surface area contributed by atoms with Crippen LogP contribution in [0.2, 0.25) is 0 Å². The number of carbonyl (C=O) groups excluding carboxylic acids is 2. The normalized spacial score (nSPS) is 23.0. The molecule has 2 atom stereocenters. The molecule has 0 bridgehead atoms. The first-order valence-electron chi connectivity index (χ1n) is 6.70. The summed E-state index contributed by atoms with van der Waals surface area (Å²) in [5.74, 6) is 0.639. The third-order valence-corrected chi connectivity index (χ3v) is 3.98. The fourth-order valence-corrected chi connectivity index (χ4v) is 3.04. The maximum absolute atomic E-state index is 11.0. The van der Waals surface area contributed by atoms with Crippen molar-refractivity contribution in [2.24, 2.45) is 0 Å². The molecule has 116 valence electrons. The number of carbonyl (C=O) groups is 2. The van der Waals surface area contributed by atoms with Crippen molar-refractivity contribution in [2.75, 3.05) is 5.32 Å². The number of ketones is 1. The topological polar surface area (TPSA) is 81.8 Å². The number of nitrogens with zero attached hydrogens (tertiary/aromatic N) is 4. The van der Waals surface area contributed by atoms with Crippen LogP contribution in [0.1, 0.15) is 28.8 Å². The number of hydrogen-bond acceptors (Lipinski definition) is 5. The summed E-state index contributed by atoms with van der Waals surface area (Å²) in [4.78, 5) is 21.9. The molecule has 2 aliphatic rings. The molecule has 22 heavy (non-hydrogen) atoms. The first kappa shape index (κ1) is 15.1. The van der Waals surface area contributed by atoms with Gasteiger partial charge in [0.15, 0.2) is 0 Å². The minimum atomic E-state index is -0.221. The highest BCUT2D eigenvalue weighted by molar-refractivity contribution is 6.24. The molecule has 0 aromatic carbocycles. The van der Waals surface area contributed by atoms with Gasteiger partial charge in [-0.2, -0.15) is 10.2 Å². The van der Waals surface area contributed by atoms with Crippen molar-refractivity contribution in [3.05, 3.63) is 30.2 Å². The van der Waals surface area contributed by atoms with Crippen molar-refractivity contribution >= 4 is 40.7 Å². The van der Waals surface area contributed by atoms with E-state index in [0.29, 0.717) is 18.5 Å². The average molecular weight is 342 g/mol. The SMILES string of the molecule is ClC1CC(Cl)n2nccc2N1.O=C1CC(=O)n2nccc2C1. The van der Waals surface area contributed by atoms with Gasteiger partial charge in [0.1, 0.15) is 22.6 Å². The largest absolute Gasteiger partial charge is 0.354 e. The lowest BCUT2D eigenvalue weighted by molar-refractivity contribution is -0.118. The van der Waals surface area contributed by atoms with E-state index in [9.17, 15) is 9.59 Å². The summed E-state index contributed by atoms with van der Waals surface area (Å²) < 4.78 is 3.02. The third kappa shape index (κ3) is 3.00. The predicted molar refractivity (Wildman–Crippen MR) is 81.2 cm³/mol. The molecular weight excluding hydrogens is 329 g/mol. The molecule has 0 spiro atoms. The van der Waals surface area contributed by atoms with Crippen LogP contribution in [0.5, 0.6) is 0 Å².